The number of alkyl halides is 6. The fraction of sp³-hybridized carbons (Fsp3) is 0.395. The van der Waals surface area contributed by atoms with Crippen LogP contribution in [0.25, 0.3) is 11.1 Å². The van der Waals surface area contributed by atoms with E-state index in [2.05, 4.69) is 4.98 Å². The maximum absolute atomic E-state index is 14.3. The summed E-state index contributed by atoms with van der Waals surface area (Å²) in [7, 11) is 1.35. The molecule has 4 aromatic rings. The molecule has 0 bridgehead atoms. The molecule has 2 saturated heterocycles. The fourth-order valence-corrected chi connectivity index (χ4v) is 7.81. The Hall–Kier alpha value is -5.47. The number of piperidine rings is 1. The van der Waals surface area contributed by atoms with Crippen molar-refractivity contribution in [2.45, 2.75) is 70.8 Å². The predicted octanol–water partition coefficient (Wildman–Crippen LogP) is 9.62. The van der Waals surface area contributed by atoms with Crippen molar-refractivity contribution in [1.82, 2.24) is 9.88 Å². The Kier molecular flexibility index (Phi) is 11.7. The third kappa shape index (κ3) is 8.68. The molecule has 0 N–H and O–H groups in total. The fourth-order valence-electron chi connectivity index (χ4n) is 7.81. The number of anilines is 2. The molecule has 15 heteroatoms. The number of imide groups is 1. The van der Waals surface area contributed by atoms with E-state index in [0.717, 1.165) is 10.5 Å². The highest BCUT2D eigenvalue weighted by atomic mass is 19.4. The van der Waals surface area contributed by atoms with Gasteiger partial charge < -0.3 is 14.5 Å². The van der Waals surface area contributed by atoms with Crippen LogP contribution in [0.3, 0.4) is 0 Å². The van der Waals surface area contributed by atoms with Crippen LogP contribution in [-0.4, -0.2) is 60.6 Å². The first-order valence-corrected chi connectivity index (χ1v) is 18.8. The van der Waals surface area contributed by atoms with E-state index < -0.39 is 64.2 Å². The highest BCUT2D eigenvalue weighted by molar-refractivity contribution is 6.03. The van der Waals surface area contributed by atoms with Crippen LogP contribution in [0.1, 0.15) is 61.4 Å². The Morgan fingerprint density at radius 3 is 2.07 bits per heavy atom. The van der Waals surface area contributed by atoms with E-state index in [1.165, 1.54) is 50.2 Å². The van der Waals surface area contributed by atoms with Crippen molar-refractivity contribution in [3.63, 3.8) is 0 Å². The molecule has 0 saturated carbocycles. The molecule has 0 radical (unpaired) electrons. The van der Waals surface area contributed by atoms with Crippen LogP contribution in [0.15, 0.2) is 79.0 Å². The Morgan fingerprint density at radius 2 is 1.48 bits per heavy atom. The number of nitrogens with zero attached hydrogens (tertiary/aromatic N) is 4. The number of rotatable bonds is 9. The van der Waals surface area contributed by atoms with Crippen molar-refractivity contribution >= 4 is 29.4 Å². The van der Waals surface area contributed by atoms with E-state index in [1.807, 2.05) is 42.2 Å². The second kappa shape index (κ2) is 16.1. The Labute approximate surface area is 331 Å². The summed E-state index contributed by atoms with van der Waals surface area (Å²) in [6.45, 7) is 7.05. The van der Waals surface area contributed by atoms with Crippen molar-refractivity contribution in [2.75, 3.05) is 36.5 Å². The molecule has 8 nitrogen and oxygen atoms in total. The summed E-state index contributed by atoms with van der Waals surface area (Å²) < 4.78 is 102. The minimum Gasteiger partial charge on any atom is -0.447 e. The second-order valence-corrected chi connectivity index (χ2v) is 15.5. The van der Waals surface area contributed by atoms with Gasteiger partial charge in [0.05, 0.1) is 34.5 Å². The van der Waals surface area contributed by atoms with Gasteiger partial charge in [-0.3, -0.25) is 9.59 Å². The van der Waals surface area contributed by atoms with Crippen LogP contribution in [-0.2, 0) is 38.5 Å². The van der Waals surface area contributed by atoms with Gasteiger partial charge in [0.15, 0.2) is 0 Å². The molecule has 0 unspecified atom stereocenters. The lowest BCUT2D eigenvalue weighted by atomic mass is 9.81. The molecule has 2 aliphatic rings. The highest BCUT2D eigenvalue weighted by Gasteiger charge is 2.43. The van der Waals surface area contributed by atoms with Gasteiger partial charge in [-0.25, -0.2) is 19.1 Å². The first kappa shape index (κ1) is 42.1. The SMILES string of the molecule is Cc1cc(F)ccc1-c1cc(N2CCC([C@@H](C)C(=O)N3C(=O)OC[C@@H]3Cc3ccccc3)CC2)ncc1N(C)C(=O)C(C)(C)c1cc(C(F)(F)F)cc(C(F)(F)F)c1. The number of pyridine rings is 1. The molecule has 0 spiro atoms. The predicted molar refractivity (Wildman–Crippen MR) is 203 cm³/mol. The number of carbonyl (C=O) groups excluding carboxylic acids is 3. The van der Waals surface area contributed by atoms with E-state index >= 15 is 0 Å². The standard InChI is InChI=1S/C43H43F7N4O4/c1-25-17-32(44)11-12-34(25)35-22-37(51-23-36(35)52(5)39(56)41(3,4)29-19-30(42(45,46)47)21-31(20-29)43(48,49)50)53-15-13-28(14-16-53)26(2)38(55)54-33(24-58-40(54)57)18-27-9-7-6-8-10-27/h6-12,17,19-23,26,28,33H,13-16,18,24H2,1-5H3/t26-,33+/m1/s1. The smallest absolute Gasteiger partial charge is 0.416 e. The molecule has 1 aromatic heterocycles. The van der Waals surface area contributed by atoms with Gasteiger partial charge in [-0.05, 0) is 105 Å². The number of ether oxygens (including phenoxy) is 1. The molecule has 6 rings (SSSR count). The molecule has 58 heavy (non-hydrogen) atoms. The number of hydrogen-bond donors (Lipinski definition) is 0. The van der Waals surface area contributed by atoms with E-state index in [0.29, 0.717) is 67.0 Å². The molecule has 3 heterocycles. The lowest BCUT2D eigenvalue weighted by Crippen LogP contribution is -2.46. The van der Waals surface area contributed by atoms with Crippen molar-refractivity contribution in [1.29, 1.82) is 0 Å². The van der Waals surface area contributed by atoms with Gasteiger partial charge in [-0.2, -0.15) is 26.3 Å². The van der Waals surface area contributed by atoms with E-state index in [9.17, 15) is 45.1 Å². The molecular formula is C43H43F7N4O4. The summed E-state index contributed by atoms with van der Waals surface area (Å²) in [5.74, 6) is -1.67. The summed E-state index contributed by atoms with van der Waals surface area (Å²) in [5.41, 5.74) is -2.82. The van der Waals surface area contributed by atoms with Gasteiger partial charge in [0, 0.05) is 31.6 Å². The minimum atomic E-state index is -5.11. The van der Waals surface area contributed by atoms with Crippen LogP contribution in [0.2, 0.25) is 0 Å². The number of amides is 3. The van der Waals surface area contributed by atoms with E-state index in [1.54, 1.807) is 13.0 Å². The Bertz CT molecular complexity index is 2150. The van der Waals surface area contributed by atoms with Gasteiger partial charge in [-0.15, -0.1) is 0 Å². The van der Waals surface area contributed by atoms with Crippen molar-refractivity contribution in [3.05, 3.63) is 113 Å². The monoisotopic (exact) mass is 812 g/mol. The summed E-state index contributed by atoms with van der Waals surface area (Å²) >= 11 is 0. The van der Waals surface area contributed by atoms with E-state index in [4.69, 9.17) is 4.74 Å². The van der Waals surface area contributed by atoms with Crippen molar-refractivity contribution < 1.29 is 49.9 Å². The van der Waals surface area contributed by atoms with Crippen LogP contribution < -0.4 is 9.80 Å². The van der Waals surface area contributed by atoms with Crippen LogP contribution in [0, 0.1) is 24.6 Å². The molecule has 3 aromatic carbocycles. The molecular weight excluding hydrogens is 769 g/mol. The van der Waals surface area contributed by atoms with Gasteiger partial charge in [-0.1, -0.05) is 43.3 Å². The normalized spacial score (nSPS) is 17.3. The third-order valence-corrected chi connectivity index (χ3v) is 11.3. The van der Waals surface area contributed by atoms with E-state index in [-0.39, 0.29) is 30.2 Å². The molecule has 2 fully saturated rings. The van der Waals surface area contributed by atoms with Gasteiger partial charge in [0.25, 0.3) is 0 Å². The van der Waals surface area contributed by atoms with Crippen molar-refractivity contribution in [2.24, 2.45) is 11.8 Å². The molecule has 3 amide bonds. The zero-order valence-electron chi connectivity index (χ0n) is 32.5. The van der Waals surface area contributed by atoms with Gasteiger partial charge in [0.2, 0.25) is 11.8 Å². The molecule has 308 valence electrons. The topological polar surface area (TPSA) is 83.1 Å². The summed E-state index contributed by atoms with van der Waals surface area (Å²) in [4.78, 5) is 49.7. The first-order valence-electron chi connectivity index (χ1n) is 18.8. The number of benzene rings is 3. The zero-order chi connectivity index (χ0) is 42.3. The highest BCUT2D eigenvalue weighted by Crippen LogP contribution is 2.42. The Morgan fingerprint density at radius 1 is 0.879 bits per heavy atom. The number of hydrogen-bond acceptors (Lipinski definition) is 6. The summed E-state index contributed by atoms with van der Waals surface area (Å²) in [6.07, 6.45) is -7.83. The number of halogens is 7. The second-order valence-electron chi connectivity index (χ2n) is 15.5. The first-order chi connectivity index (χ1) is 27.2. The number of aromatic nitrogens is 1. The third-order valence-electron chi connectivity index (χ3n) is 11.3. The average Bonchev–Trinajstić information content (AvgIpc) is 3.55. The zero-order valence-corrected chi connectivity index (χ0v) is 32.5. The van der Waals surface area contributed by atoms with Gasteiger partial charge in [0.1, 0.15) is 18.2 Å². The van der Waals surface area contributed by atoms with Crippen LogP contribution >= 0.6 is 0 Å². The number of aryl methyl sites for hydroxylation is 1. The van der Waals surface area contributed by atoms with Crippen LogP contribution in [0.4, 0.5) is 47.0 Å². The average molecular weight is 813 g/mol. The van der Waals surface area contributed by atoms with Crippen LogP contribution in [0.5, 0.6) is 0 Å². The van der Waals surface area contributed by atoms with Crippen molar-refractivity contribution in [3.8, 4) is 11.1 Å². The number of cyclic esters (lactones) is 1. The largest absolute Gasteiger partial charge is 0.447 e. The maximum atomic E-state index is 14.3. The lowest BCUT2D eigenvalue weighted by Gasteiger charge is -2.37. The summed E-state index contributed by atoms with van der Waals surface area (Å²) in [5, 5.41) is 0. The maximum Gasteiger partial charge on any atom is 0.416 e. The molecule has 2 atom stereocenters. The molecule has 0 aliphatic carbocycles. The lowest BCUT2D eigenvalue weighted by molar-refractivity contribution is -0.143. The van der Waals surface area contributed by atoms with Gasteiger partial charge >= 0.3 is 18.4 Å². The summed E-state index contributed by atoms with van der Waals surface area (Å²) in [6, 6.07) is 16.0. The molecule has 2 aliphatic heterocycles. The number of likely N-dealkylation sites (N-methyl/N-ethyl adjacent to an activating group) is 1. The quantitative estimate of drug-likeness (QED) is 0.157. The number of carbonyl (C=O) groups is 3. The minimum absolute atomic E-state index is 0.0130. The Balaban J connectivity index is 1.25.